The summed E-state index contributed by atoms with van der Waals surface area (Å²) in [7, 11) is 0. The molecule has 1 rings (SSSR count). The number of hydrogen-bond acceptors (Lipinski definition) is 3. The monoisotopic (exact) mass is 188 g/mol. The zero-order valence-corrected chi connectivity index (χ0v) is 8.69. The predicted octanol–water partition coefficient (Wildman–Crippen LogP) is 1.34. The summed E-state index contributed by atoms with van der Waals surface area (Å²) in [4.78, 5) is 0. The molecule has 1 N–H and O–H groups in total. The molecule has 1 heterocycles. The Morgan fingerprint density at radius 2 is 1.92 bits per heavy atom. The van der Waals surface area contributed by atoms with Crippen molar-refractivity contribution in [2.24, 2.45) is 0 Å². The van der Waals surface area contributed by atoms with E-state index in [1.54, 1.807) is 6.92 Å². The molecule has 0 radical (unpaired) electrons. The highest BCUT2D eigenvalue weighted by molar-refractivity contribution is 4.73. The first-order valence-electron chi connectivity index (χ1n) is 5.03. The van der Waals surface area contributed by atoms with Crippen LogP contribution in [0.15, 0.2) is 0 Å². The van der Waals surface area contributed by atoms with Crippen LogP contribution in [0.4, 0.5) is 0 Å². The molecule has 3 heteroatoms. The lowest BCUT2D eigenvalue weighted by molar-refractivity contribution is -0.112. The second kappa shape index (κ2) is 4.94. The summed E-state index contributed by atoms with van der Waals surface area (Å²) in [6.45, 7) is 6.30. The number of ether oxygens (including phenoxy) is 2. The first kappa shape index (κ1) is 11.0. The zero-order valence-electron chi connectivity index (χ0n) is 8.69. The van der Waals surface area contributed by atoms with Gasteiger partial charge in [0.15, 0.2) is 0 Å². The summed E-state index contributed by atoms with van der Waals surface area (Å²) in [6, 6.07) is 0. The molecule has 3 nitrogen and oxygen atoms in total. The molecule has 0 spiro atoms. The molecule has 0 bridgehead atoms. The van der Waals surface area contributed by atoms with Crippen molar-refractivity contribution in [1.82, 2.24) is 0 Å². The van der Waals surface area contributed by atoms with Gasteiger partial charge in [0.25, 0.3) is 0 Å². The van der Waals surface area contributed by atoms with E-state index in [9.17, 15) is 0 Å². The maximum atomic E-state index is 9.06. The lowest BCUT2D eigenvalue weighted by atomic mass is 10.0. The van der Waals surface area contributed by atoms with Crippen molar-refractivity contribution in [2.45, 2.75) is 58.0 Å². The summed E-state index contributed by atoms with van der Waals surface area (Å²) in [5, 5.41) is 9.06. The van der Waals surface area contributed by atoms with Gasteiger partial charge in [-0.05, 0) is 33.6 Å². The van der Waals surface area contributed by atoms with Gasteiger partial charge in [-0.25, -0.2) is 0 Å². The van der Waals surface area contributed by atoms with E-state index < -0.39 is 0 Å². The molecule has 78 valence electrons. The average Bonchev–Trinajstić information content (AvgIpc) is 1.99. The summed E-state index contributed by atoms with van der Waals surface area (Å²) in [6.07, 6.45) is 2.33. The maximum Gasteiger partial charge on any atom is 0.0745 e. The van der Waals surface area contributed by atoms with Crippen LogP contribution in [0.3, 0.4) is 0 Å². The van der Waals surface area contributed by atoms with Gasteiger partial charge >= 0.3 is 0 Å². The minimum atomic E-state index is -0.367. The van der Waals surface area contributed by atoms with Crippen LogP contribution in [-0.4, -0.2) is 36.1 Å². The Balaban J connectivity index is 2.25. The van der Waals surface area contributed by atoms with E-state index in [4.69, 9.17) is 14.6 Å². The van der Waals surface area contributed by atoms with Gasteiger partial charge in [-0.15, -0.1) is 0 Å². The van der Waals surface area contributed by atoms with E-state index in [0.717, 1.165) is 12.8 Å². The molecule has 0 aromatic rings. The van der Waals surface area contributed by atoms with E-state index in [1.807, 2.05) is 0 Å². The Morgan fingerprint density at radius 1 is 1.38 bits per heavy atom. The SMILES string of the molecule is CC(O)COC1CC(C)OC(C)C1. The lowest BCUT2D eigenvalue weighted by Gasteiger charge is -2.32. The predicted molar refractivity (Wildman–Crippen MR) is 50.7 cm³/mol. The van der Waals surface area contributed by atoms with Gasteiger partial charge in [0.1, 0.15) is 0 Å². The van der Waals surface area contributed by atoms with Crippen LogP contribution in [0.25, 0.3) is 0 Å². The van der Waals surface area contributed by atoms with Crippen LogP contribution in [0.2, 0.25) is 0 Å². The van der Waals surface area contributed by atoms with Gasteiger partial charge < -0.3 is 14.6 Å². The highest BCUT2D eigenvalue weighted by atomic mass is 16.5. The maximum absolute atomic E-state index is 9.06. The third-order valence-corrected chi connectivity index (χ3v) is 2.23. The number of aliphatic hydroxyl groups excluding tert-OH is 1. The van der Waals surface area contributed by atoms with Gasteiger partial charge in [-0.2, -0.15) is 0 Å². The highest BCUT2D eigenvalue weighted by Gasteiger charge is 2.24. The normalized spacial score (nSPS) is 37.4. The number of hydrogen-bond donors (Lipinski definition) is 1. The van der Waals surface area contributed by atoms with Crippen molar-refractivity contribution in [1.29, 1.82) is 0 Å². The van der Waals surface area contributed by atoms with Crippen molar-refractivity contribution in [3.8, 4) is 0 Å². The third-order valence-electron chi connectivity index (χ3n) is 2.23. The molecular weight excluding hydrogens is 168 g/mol. The van der Waals surface area contributed by atoms with Gasteiger partial charge in [0.2, 0.25) is 0 Å². The van der Waals surface area contributed by atoms with Gasteiger partial charge in [0.05, 0.1) is 31.0 Å². The molecule has 1 aliphatic heterocycles. The van der Waals surface area contributed by atoms with Gasteiger partial charge in [-0.3, -0.25) is 0 Å². The van der Waals surface area contributed by atoms with Crippen molar-refractivity contribution >= 4 is 0 Å². The first-order valence-corrected chi connectivity index (χ1v) is 5.03. The third kappa shape index (κ3) is 4.07. The Labute approximate surface area is 80.0 Å². The first-order chi connectivity index (χ1) is 6.08. The topological polar surface area (TPSA) is 38.7 Å². The molecule has 1 fully saturated rings. The molecule has 3 atom stereocenters. The largest absolute Gasteiger partial charge is 0.391 e. The Kier molecular flexibility index (Phi) is 4.16. The molecule has 0 amide bonds. The van der Waals surface area contributed by atoms with Crippen LogP contribution >= 0.6 is 0 Å². The van der Waals surface area contributed by atoms with E-state index in [-0.39, 0.29) is 24.4 Å². The molecule has 0 saturated carbocycles. The summed E-state index contributed by atoms with van der Waals surface area (Å²) < 4.78 is 11.1. The van der Waals surface area contributed by atoms with Crippen LogP contribution < -0.4 is 0 Å². The smallest absolute Gasteiger partial charge is 0.0745 e. The minimum Gasteiger partial charge on any atom is -0.391 e. The standard InChI is InChI=1S/C10H20O3/c1-7(11)6-12-10-4-8(2)13-9(3)5-10/h7-11H,4-6H2,1-3H3. The molecule has 0 aromatic heterocycles. The molecule has 13 heavy (non-hydrogen) atoms. The molecule has 0 aliphatic carbocycles. The van der Waals surface area contributed by atoms with Crippen LogP contribution in [0.1, 0.15) is 33.6 Å². The highest BCUT2D eigenvalue weighted by Crippen LogP contribution is 2.21. The fraction of sp³-hybridized carbons (Fsp3) is 1.00. The fourth-order valence-electron chi connectivity index (χ4n) is 1.76. The number of rotatable bonds is 3. The fourth-order valence-corrected chi connectivity index (χ4v) is 1.76. The Hall–Kier alpha value is -0.120. The molecule has 1 aliphatic rings. The molecule has 3 unspecified atom stereocenters. The Morgan fingerprint density at radius 3 is 2.38 bits per heavy atom. The minimum absolute atomic E-state index is 0.258. The van der Waals surface area contributed by atoms with Gasteiger partial charge in [0, 0.05) is 0 Å². The van der Waals surface area contributed by atoms with Gasteiger partial charge in [-0.1, -0.05) is 0 Å². The summed E-state index contributed by atoms with van der Waals surface area (Å²) in [5.41, 5.74) is 0. The summed E-state index contributed by atoms with van der Waals surface area (Å²) >= 11 is 0. The van der Waals surface area contributed by atoms with Crippen LogP contribution in [0.5, 0.6) is 0 Å². The van der Waals surface area contributed by atoms with Crippen molar-refractivity contribution in [3.05, 3.63) is 0 Å². The molecular formula is C10H20O3. The van der Waals surface area contributed by atoms with Crippen LogP contribution in [0, 0.1) is 0 Å². The van der Waals surface area contributed by atoms with E-state index in [2.05, 4.69) is 13.8 Å². The second-order valence-corrected chi connectivity index (χ2v) is 4.03. The number of aliphatic hydroxyl groups is 1. The second-order valence-electron chi connectivity index (χ2n) is 4.03. The average molecular weight is 188 g/mol. The van der Waals surface area contributed by atoms with Crippen LogP contribution in [-0.2, 0) is 9.47 Å². The summed E-state index contributed by atoms with van der Waals surface area (Å²) in [5.74, 6) is 0. The quantitative estimate of drug-likeness (QED) is 0.726. The zero-order chi connectivity index (χ0) is 9.84. The Bertz CT molecular complexity index is 137. The van der Waals surface area contributed by atoms with Crippen molar-refractivity contribution in [2.75, 3.05) is 6.61 Å². The van der Waals surface area contributed by atoms with E-state index in [1.165, 1.54) is 0 Å². The molecule has 0 aromatic carbocycles. The molecule has 1 saturated heterocycles. The van der Waals surface area contributed by atoms with Crippen molar-refractivity contribution < 1.29 is 14.6 Å². The van der Waals surface area contributed by atoms with E-state index in [0.29, 0.717) is 6.61 Å². The lowest BCUT2D eigenvalue weighted by Crippen LogP contribution is -2.35. The van der Waals surface area contributed by atoms with E-state index >= 15 is 0 Å². The van der Waals surface area contributed by atoms with Crippen molar-refractivity contribution in [3.63, 3.8) is 0 Å².